The molecule has 1 saturated heterocycles. The molecule has 3 amide bonds. The van der Waals surface area contributed by atoms with Gasteiger partial charge in [-0.1, -0.05) is 18.2 Å². The molecular formula is C20H23N3O3S. The lowest BCUT2D eigenvalue weighted by atomic mass is 10.0. The molecule has 0 unspecified atom stereocenters. The minimum absolute atomic E-state index is 0.00180. The van der Waals surface area contributed by atoms with Gasteiger partial charge in [0.15, 0.2) is 0 Å². The summed E-state index contributed by atoms with van der Waals surface area (Å²) >= 11 is 1.45. The first-order valence-corrected chi connectivity index (χ1v) is 10.0. The number of carbonyl (C=O) groups is 2. The summed E-state index contributed by atoms with van der Waals surface area (Å²) in [5.41, 5.74) is 1.04. The molecule has 7 heteroatoms. The lowest BCUT2D eigenvalue weighted by Crippen LogP contribution is -2.50. The Morgan fingerprint density at radius 2 is 2.04 bits per heavy atom. The number of piperidine rings is 1. The number of nitrogens with one attached hydrogen (secondary N) is 2. The van der Waals surface area contributed by atoms with Crippen molar-refractivity contribution >= 4 is 23.3 Å². The molecule has 6 nitrogen and oxygen atoms in total. The fourth-order valence-electron chi connectivity index (χ4n) is 4.05. The van der Waals surface area contributed by atoms with Crippen molar-refractivity contribution in [2.24, 2.45) is 5.92 Å². The van der Waals surface area contributed by atoms with Gasteiger partial charge in [-0.2, -0.15) is 0 Å². The third-order valence-electron chi connectivity index (χ3n) is 5.47. The second-order valence-electron chi connectivity index (χ2n) is 7.10. The monoisotopic (exact) mass is 385 g/mol. The molecule has 1 aliphatic heterocycles. The Bertz CT molecular complexity index is 806. The standard InChI is InChI=1S/C20H23N3O3S/c1-26-16-6-4-13(5-7-16)11-21-20(25)23-12-14-9-15(23)10-17(14)22-19(24)18-3-2-8-27-18/h2-8,14-15,17H,9-12H2,1H3,(H,21,25)(H,22,24)/t14-,15-,17-/m0/s1. The third kappa shape index (κ3) is 3.78. The van der Waals surface area contributed by atoms with Gasteiger partial charge < -0.3 is 20.3 Å². The summed E-state index contributed by atoms with van der Waals surface area (Å²) in [7, 11) is 1.63. The molecule has 2 fully saturated rings. The average Bonchev–Trinajstić information content (AvgIpc) is 3.43. The number of thiophene rings is 1. The van der Waals surface area contributed by atoms with Crippen LogP contribution in [-0.4, -0.2) is 42.6 Å². The Balaban J connectivity index is 1.27. The van der Waals surface area contributed by atoms with E-state index in [1.165, 1.54) is 11.3 Å². The van der Waals surface area contributed by atoms with Gasteiger partial charge >= 0.3 is 6.03 Å². The molecule has 2 aromatic rings. The molecule has 2 N–H and O–H groups in total. The minimum atomic E-state index is -0.0265. The highest BCUT2D eigenvalue weighted by molar-refractivity contribution is 7.12. The van der Waals surface area contributed by atoms with Crippen LogP contribution in [0.5, 0.6) is 5.75 Å². The Morgan fingerprint density at radius 1 is 1.22 bits per heavy atom. The van der Waals surface area contributed by atoms with E-state index in [-0.39, 0.29) is 24.0 Å². The zero-order chi connectivity index (χ0) is 18.8. The van der Waals surface area contributed by atoms with E-state index in [4.69, 9.17) is 4.74 Å². The normalized spacial score (nSPS) is 23.3. The van der Waals surface area contributed by atoms with Crippen LogP contribution in [0.2, 0.25) is 0 Å². The maximum Gasteiger partial charge on any atom is 0.317 e. The minimum Gasteiger partial charge on any atom is -0.497 e. The van der Waals surface area contributed by atoms with E-state index < -0.39 is 0 Å². The summed E-state index contributed by atoms with van der Waals surface area (Å²) in [6.07, 6.45) is 1.79. The summed E-state index contributed by atoms with van der Waals surface area (Å²) in [4.78, 5) is 27.5. The van der Waals surface area contributed by atoms with Gasteiger partial charge in [-0.25, -0.2) is 4.79 Å². The molecule has 142 valence electrons. The average molecular weight is 385 g/mol. The molecule has 4 rings (SSSR count). The number of rotatable bonds is 5. The van der Waals surface area contributed by atoms with Crippen molar-refractivity contribution in [3.63, 3.8) is 0 Å². The van der Waals surface area contributed by atoms with E-state index >= 15 is 0 Å². The summed E-state index contributed by atoms with van der Waals surface area (Å²) < 4.78 is 5.15. The van der Waals surface area contributed by atoms with Crippen LogP contribution in [-0.2, 0) is 6.54 Å². The SMILES string of the molecule is COc1ccc(CNC(=O)N2C[C@@H]3C[C@H]2C[C@@H]3NC(=O)c2cccs2)cc1. The maximum absolute atomic E-state index is 12.6. The van der Waals surface area contributed by atoms with Crippen molar-refractivity contribution in [3.05, 3.63) is 52.2 Å². The summed E-state index contributed by atoms with van der Waals surface area (Å²) in [5, 5.41) is 8.05. The van der Waals surface area contributed by atoms with Crippen molar-refractivity contribution in [1.29, 1.82) is 0 Å². The second-order valence-corrected chi connectivity index (χ2v) is 8.05. The number of nitrogens with zero attached hydrogens (tertiary/aromatic N) is 1. The first kappa shape index (κ1) is 17.9. The molecule has 3 atom stereocenters. The van der Waals surface area contributed by atoms with Crippen LogP contribution in [0.1, 0.15) is 28.1 Å². The Hall–Kier alpha value is -2.54. The number of benzene rings is 1. The van der Waals surface area contributed by atoms with E-state index in [2.05, 4.69) is 10.6 Å². The van der Waals surface area contributed by atoms with Crippen LogP contribution in [0.15, 0.2) is 41.8 Å². The van der Waals surface area contributed by atoms with Gasteiger partial charge in [-0.3, -0.25) is 4.79 Å². The number of ether oxygens (including phenoxy) is 1. The third-order valence-corrected chi connectivity index (χ3v) is 6.34. The highest BCUT2D eigenvalue weighted by Crippen LogP contribution is 2.38. The Morgan fingerprint density at radius 3 is 2.67 bits per heavy atom. The van der Waals surface area contributed by atoms with E-state index in [9.17, 15) is 9.59 Å². The van der Waals surface area contributed by atoms with Gasteiger partial charge in [0.25, 0.3) is 5.91 Å². The van der Waals surface area contributed by atoms with Crippen molar-refractivity contribution in [3.8, 4) is 5.75 Å². The van der Waals surface area contributed by atoms with Crippen LogP contribution in [0, 0.1) is 5.92 Å². The van der Waals surface area contributed by atoms with Crippen LogP contribution < -0.4 is 15.4 Å². The topological polar surface area (TPSA) is 70.7 Å². The van der Waals surface area contributed by atoms with E-state index in [1.54, 1.807) is 7.11 Å². The Labute approximate surface area is 162 Å². The van der Waals surface area contributed by atoms with Crippen LogP contribution in [0.3, 0.4) is 0 Å². The predicted molar refractivity (Wildman–Crippen MR) is 104 cm³/mol. The lowest BCUT2D eigenvalue weighted by molar-refractivity contribution is 0.0917. The summed E-state index contributed by atoms with van der Waals surface area (Å²) in [6.45, 7) is 1.20. The molecular weight excluding hydrogens is 362 g/mol. The van der Waals surface area contributed by atoms with Crippen LogP contribution in [0.4, 0.5) is 4.79 Å². The fraction of sp³-hybridized carbons (Fsp3) is 0.400. The van der Waals surface area contributed by atoms with Crippen molar-refractivity contribution < 1.29 is 14.3 Å². The number of urea groups is 1. The number of hydrogen-bond donors (Lipinski definition) is 2. The van der Waals surface area contributed by atoms with Gasteiger partial charge in [-0.05, 0) is 47.9 Å². The maximum atomic E-state index is 12.6. The quantitative estimate of drug-likeness (QED) is 0.831. The smallest absolute Gasteiger partial charge is 0.317 e. The second kappa shape index (κ2) is 7.60. The van der Waals surface area contributed by atoms with E-state index in [1.807, 2.05) is 46.7 Å². The predicted octanol–water partition coefficient (Wildman–Crippen LogP) is 2.86. The molecule has 1 saturated carbocycles. The largest absolute Gasteiger partial charge is 0.497 e. The molecule has 1 aliphatic carbocycles. The zero-order valence-corrected chi connectivity index (χ0v) is 16.0. The highest BCUT2D eigenvalue weighted by Gasteiger charge is 2.47. The number of likely N-dealkylation sites (tertiary alicyclic amines) is 1. The van der Waals surface area contributed by atoms with Gasteiger partial charge in [-0.15, -0.1) is 11.3 Å². The molecule has 2 aliphatic rings. The summed E-state index contributed by atoms with van der Waals surface area (Å²) in [5.74, 6) is 1.14. The number of fused-ring (bicyclic) bond motifs is 2. The van der Waals surface area contributed by atoms with Crippen LogP contribution >= 0.6 is 11.3 Å². The molecule has 27 heavy (non-hydrogen) atoms. The molecule has 1 aromatic carbocycles. The molecule has 2 bridgehead atoms. The zero-order valence-electron chi connectivity index (χ0n) is 15.2. The van der Waals surface area contributed by atoms with Crippen molar-refractivity contribution in [2.75, 3.05) is 13.7 Å². The fourth-order valence-corrected chi connectivity index (χ4v) is 4.68. The number of hydrogen-bond acceptors (Lipinski definition) is 4. The molecule has 0 spiro atoms. The highest BCUT2D eigenvalue weighted by atomic mass is 32.1. The van der Waals surface area contributed by atoms with Crippen LogP contribution in [0.25, 0.3) is 0 Å². The number of amides is 3. The van der Waals surface area contributed by atoms with Gasteiger partial charge in [0.1, 0.15) is 5.75 Å². The lowest BCUT2D eigenvalue weighted by Gasteiger charge is -2.32. The first-order chi connectivity index (χ1) is 13.1. The summed E-state index contributed by atoms with van der Waals surface area (Å²) in [6, 6.07) is 11.7. The van der Waals surface area contributed by atoms with Gasteiger partial charge in [0.05, 0.1) is 12.0 Å². The van der Waals surface area contributed by atoms with Crippen molar-refractivity contribution in [1.82, 2.24) is 15.5 Å². The molecule has 2 heterocycles. The van der Waals surface area contributed by atoms with E-state index in [0.717, 1.165) is 29.0 Å². The molecule has 0 radical (unpaired) electrons. The van der Waals surface area contributed by atoms with E-state index in [0.29, 0.717) is 19.0 Å². The first-order valence-electron chi connectivity index (χ1n) is 9.16. The molecule has 1 aromatic heterocycles. The van der Waals surface area contributed by atoms with Gasteiger partial charge in [0.2, 0.25) is 0 Å². The Kier molecular flexibility index (Phi) is 5.03. The van der Waals surface area contributed by atoms with Gasteiger partial charge in [0, 0.05) is 25.2 Å². The van der Waals surface area contributed by atoms with Crippen molar-refractivity contribution in [2.45, 2.75) is 31.5 Å². The number of carbonyl (C=O) groups excluding carboxylic acids is 2. The number of methoxy groups -OCH3 is 1.